The van der Waals surface area contributed by atoms with Crippen molar-refractivity contribution in [3.8, 4) is 0 Å². The molecule has 0 radical (unpaired) electrons. The van der Waals surface area contributed by atoms with Gasteiger partial charge in [-0.05, 0) is 24.2 Å². The number of nitrogens with one attached hydrogen (secondary N) is 1. The van der Waals surface area contributed by atoms with E-state index >= 15 is 0 Å². The van der Waals surface area contributed by atoms with E-state index in [0.717, 1.165) is 12.8 Å². The van der Waals surface area contributed by atoms with Crippen LogP contribution in [0.1, 0.15) is 40.0 Å². The first kappa shape index (κ1) is 19.9. The van der Waals surface area contributed by atoms with Crippen LogP contribution in [-0.2, 0) is 19.1 Å². The first-order valence-electron chi connectivity index (χ1n) is 8.05. The van der Waals surface area contributed by atoms with E-state index in [0.29, 0.717) is 12.5 Å². The third kappa shape index (κ3) is 6.08. The Bertz CT molecular complexity index is 413. The molecule has 1 aliphatic carbocycles. The zero-order valence-electron chi connectivity index (χ0n) is 14.5. The fraction of sp³-hybridized carbons (Fsp3) is 0.875. The number of nitrogens with two attached hydrogens (primary N) is 1. The summed E-state index contributed by atoms with van der Waals surface area (Å²) in [4.78, 5) is 22.6. The Morgan fingerprint density at radius 3 is 2.52 bits per heavy atom. The van der Waals surface area contributed by atoms with E-state index in [2.05, 4.69) is 26.1 Å². The van der Waals surface area contributed by atoms with Crippen molar-refractivity contribution >= 4 is 11.9 Å². The van der Waals surface area contributed by atoms with Crippen molar-refractivity contribution in [2.75, 3.05) is 20.3 Å². The van der Waals surface area contributed by atoms with Crippen LogP contribution in [0.15, 0.2) is 0 Å². The zero-order valence-corrected chi connectivity index (χ0v) is 14.5. The number of carbonyl (C=O) groups excluding carboxylic acids is 1. The van der Waals surface area contributed by atoms with Crippen molar-refractivity contribution in [2.24, 2.45) is 17.1 Å². The Morgan fingerprint density at radius 2 is 2.04 bits per heavy atom. The SMILES string of the molecule is COCC(COC1C(C)CCC1(C)C)NC(=O)[C@@H](N)CC(=O)O. The highest BCUT2D eigenvalue weighted by atomic mass is 16.5. The lowest BCUT2D eigenvalue weighted by atomic mass is 9.87. The molecule has 1 saturated carbocycles. The van der Waals surface area contributed by atoms with Crippen LogP contribution < -0.4 is 11.1 Å². The fourth-order valence-corrected chi connectivity index (χ4v) is 3.19. The molecule has 0 aromatic carbocycles. The molecule has 134 valence electrons. The molecule has 0 heterocycles. The summed E-state index contributed by atoms with van der Waals surface area (Å²) in [6.07, 6.45) is 1.97. The number of carbonyl (C=O) groups is 2. The average Bonchev–Trinajstić information content (AvgIpc) is 2.69. The van der Waals surface area contributed by atoms with Crippen molar-refractivity contribution in [2.45, 2.75) is 58.2 Å². The minimum Gasteiger partial charge on any atom is -0.481 e. The van der Waals surface area contributed by atoms with Gasteiger partial charge in [0, 0.05) is 7.11 Å². The number of rotatable bonds is 9. The quantitative estimate of drug-likeness (QED) is 0.575. The smallest absolute Gasteiger partial charge is 0.305 e. The number of hydrogen-bond donors (Lipinski definition) is 3. The Morgan fingerprint density at radius 1 is 1.39 bits per heavy atom. The Labute approximate surface area is 137 Å². The number of hydrogen-bond acceptors (Lipinski definition) is 5. The topological polar surface area (TPSA) is 111 Å². The molecule has 23 heavy (non-hydrogen) atoms. The molecule has 0 spiro atoms. The number of amides is 1. The summed E-state index contributed by atoms with van der Waals surface area (Å²) in [5.74, 6) is -1.14. The molecule has 3 unspecified atom stereocenters. The monoisotopic (exact) mass is 330 g/mol. The van der Waals surface area contributed by atoms with Gasteiger partial charge in [0.05, 0.1) is 37.8 Å². The molecule has 7 nitrogen and oxygen atoms in total. The highest BCUT2D eigenvalue weighted by molar-refractivity contribution is 5.86. The van der Waals surface area contributed by atoms with Gasteiger partial charge in [-0.3, -0.25) is 9.59 Å². The Kier molecular flexibility index (Phi) is 7.44. The first-order valence-corrected chi connectivity index (χ1v) is 8.05. The van der Waals surface area contributed by atoms with Crippen LogP contribution in [0.4, 0.5) is 0 Å². The second-order valence-corrected chi connectivity index (χ2v) is 7.12. The lowest BCUT2D eigenvalue weighted by molar-refractivity contribution is -0.139. The molecule has 4 N–H and O–H groups in total. The largest absolute Gasteiger partial charge is 0.481 e. The average molecular weight is 330 g/mol. The lowest BCUT2D eigenvalue weighted by Gasteiger charge is -2.31. The van der Waals surface area contributed by atoms with Crippen LogP contribution in [0.25, 0.3) is 0 Å². The van der Waals surface area contributed by atoms with E-state index in [-0.39, 0.29) is 24.2 Å². The fourth-order valence-electron chi connectivity index (χ4n) is 3.19. The summed E-state index contributed by atoms with van der Waals surface area (Å²) in [5.41, 5.74) is 5.68. The van der Waals surface area contributed by atoms with Gasteiger partial charge < -0.3 is 25.6 Å². The molecule has 1 rings (SSSR count). The van der Waals surface area contributed by atoms with E-state index < -0.39 is 24.3 Å². The summed E-state index contributed by atoms with van der Waals surface area (Å²) in [6.45, 7) is 7.15. The molecule has 1 amide bonds. The third-order valence-corrected chi connectivity index (χ3v) is 4.45. The second-order valence-electron chi connectivity index (χ2n) is 7.12. The molecule has 0 aliphatic heterocycles. The molecule has 0 aromatic heterocycles. The molecule has 4 atom stereocenters. The van der Waals surface area contributed by atoms with Crippen LogP contribution in [-0.4, -0.2) is 55.5 Å². The van der Waals surface area contributed by atoms with Crippen LogP contribution >= 0.6 is 0 Å². The van der Waals surface area contributed by atoms with Crippen LogP contribution in [0.5, 0.6) is 0 Å². The van der Waals surface area contributed by atoms with Gasteiger partial charge in [-0.15, -0.1) is 0 Å². The molecular formula is C16H30N2O5. The number of carboxylic acid groups (broad SMARTS) is 1. The maximum absolute atomic E-state index is 11.9. The van der Waals surface area contributed by atoms with E-state index in [1.54, 1.807) is 7.11 Å². The summed E-state index contributed by atoms with van der Waals surface area (Å²) in [6, 6.07) is -1.43. The van der Waals surface area contributed by atoms with Gasteiger partial charge in [-0.2, -0.15) is 0 Å². The summed E-state index contributed by atoms with van der Waals surface area (Å²) < 4.78 is 11.2. The van der Waals surface area contributed by atoms with Crippen molar-refractivity contribution in [1.82, 2.24) is 5.32 Å². The van der Waals surface area contributed by atoms with E-state index in [4.69, 9.17) is 20.3 Å². The summed E-state index contributed by atoms with van der Waals surface area (Å²) in [5, 5.41) is 11.4. The van der Waals surface area contributed by atoms with Crippen molar-refractivity contribution in [3.05, 3.63) is 0 Å². The first-order chi connectivity index (χ1) is 10.7. The molecule has 0 saturated heterocycles. The minimum atomic E-state index is -1.10. The number of aliphatic carboxylic acids is 1. The predicted molar refractivity (Wildman–Crippen MR) is 86.0 cm³/mol. The van der Waals surface area contributed by atoms with Crippen molar-refractivity contribution < 1.29 is 24.2 Å². The van der Waals surface area contributed by atoms with Crippen LogP contribution in [0, 0.1) is 11.3 Å². The van der Waals surface area contributed by atoms with Gasteiger partial charge in [-0.25, -0.2) is 0 Å². The number of ether oxygens (including phenoxy) is 2. The summed E-state index contributed by atoms with van der Waals surface area (Å²) >= 11 is 0. The van der Waals surface area contributed by atoms with Gasteiger partial charge in [-0.1, -0.05) is 20.8 Å². The maximum atomic E-state index is 11.9. The molecule has 1 aliphatic rings. The Balaban J connectivity index is 2.54. The normalized spacial score (nSPS) is 25.8. The molecule has 1 fully saturated rings. The van der Waals surface area contributed by atoms with Gasteiger partial charge in [0.15, 0.2) is 0 Å². The number of carboxylic acids is 1. The van der Waals surface area contributed by atoms with E-state index in [9.17, 15) is 9.59 Å². The van der Waals surface area contributed by atoms with Crippen LogP contribution in [0.2, 0.25) is 0 Å². The van der Waals surface area contributed by atoms with Gasteiger partial charge in [0.2, 0.25) is 5.91 Å². The van der Waals surface area contributed by atoms with Gasteiger partial charge in [0.25, 0.3) is 0 Å². The highest BCUT2D eigenvalue weighted by Crippen LogP contribution is 2.42. The second kappa shape index (κ2) is 8.61. The predicted octanol–water partition coefficient (Wildman–Crippen LogP) is 0.761. The third-order valence-electron chi connectivity index (χ3n) is 4.45. The highest BCUT2D eigenvalue weighted by Gasteiger charge is 2.40. The van der Waals surface area contributed by atoms with Crippen molar-refractivity contribution in [3.63, 3.8) is 0 Å². The maximum Gasteiger partial charge on any atom is 0.305 e. The summed E-state index contributed by atoms with van der Waals surface area (Å²) in [7, 11) is 1.54. The minimum absolute atomic E-state index is 0.112. The van der Waals surface area contributed by atoms with Gasteiger partial charge >= 0.3 is 5.97 Å². The lowest BCUT2D eigenvalue weighted by Crippen LogP contribution is -2.50. The molecule has 7 heteroatoms. The van der Waals surface area contributed by atoms with Crippen LogP contribution in [0.3, 0.4) is 0 Å². The van der Waals surface area contributed by atoms with Gasteiger partial charge in [0.1, 0.15) is 0 Å². The van der Waals surface area contributed by atoms with Crippen molar-refractivity contribution in [1.29, 1.82) is 0 Å². The Hall–Kier alpha value is -1.18. The zero-order chi connectivity index (χ0) is 17.6. The molecular weight excluding hydrogens is 300 g/mol. The molecule has 0 aromatic rings. The van der Waals surface area contributed by atoms with E-state index in [1.165, 1.54) is 0 Å². The number of methoxy groups -OCH3 is 1. The van der Waals surface area contributed by atoms with E-state index in [1.807, 2.05) is 0 Å². The standard InChI is InChI=1S/C16H30N2O5/c1-10-5-6-16(2,3)14(10)23-9-11(8-22-4)18-15(21)12(17)7-13(19)20/h10-12,14H,5-9,17H2,1-4H3,(H,18,21)(H,19,20)/t10?,11?,12-,14?/m0/s1. The molecule has 0 bridgehead atoms.